The van der Waals surface area contributed by atoms with Crippen molar-refractivity contribution in [2.75, 3.05) is 19.8 Å². The molecular weight excluding hydrogens is 260 g/mol. The SMILES string of the molecule is CC(O)CO.CCCC(=O)[O-].CCCCOCCCC. The average molecular weight is 293 g/mol. The summed E-state index contributed by atoms with van der Waals surface area (Å²) in [7, 11) is 0. The fourth-order valence-electron chi connectivity index (χ4n) is 0.799. The van der Waals surface area contributed by atoms with Crippen LogP contribution in [0.1, 0.15) is 66.2 Å². The van der Waals surface area contributed by atoms with Crippen LogP contribution in [0.4, 0.5) is 0 Å². The molecule has 1 atom stereocenters. The summed E-state index contributed by atoms with van der Waals surface area (Å²) in [6.45, 7) is 9.47. The van der Waals surface area contributed by atoms with Gasteiger partial charge in [0.15, 0.2) is 0 Å². The maximum Gasteiger partial charge on any atom is 0.0742 e. The zero-order valence-electron chi connectivity index (χ0n) is 13.6. The first-order valence-corrected chi connectivity index (χ1v) is 7.52. The molecule has 0 aliphatic rings. The number of carboxylic acids is 1. The van der Waals surface area contributed by atoms with Crippen molar-refractivity contribution in [3.05, 3.63) is 0 Å². The maximum atomic E-state index is 9.49. The van der Waals surface area contributed by atoms with Crippen LogP contribution in [0.15, 0.2) is 0 Å². The summed E-state index contributed by atoms with van der Waals surface area (Å²) in [6, 6.07) is 0. The van der Waals surface area contributed by atoms with Gasteiger partial charge in [-0.15, -0.1) is 0 Å². The van der Waals surface area contributed by atoms with Gasteiger partial charge in [-0.2, -0.15) is 0 Å². The van der Waals surface area contributed by atoms with Gasteiger partial charge in [-0.05, 0) is 26.2 Å². The Balaban J connectivity index is -0.000000230. The lowest BCUT2D eigenvalue weighted by molar-refractivity contribution is -0.305. The third-order valence-electron chi connectivity index (χ3n) is 2.00. The molecule has 0 fully saturated rings. The molecule has 0 heterocycles. The molecule has 0 aliphatic carbocycles. The van der Waals surface area contributed by atoms with Crippen LogP contribution >= 0.6 is 0 Å². The van der Waals surface area contributed by atoms with E-state index in [1.54, 1.807) is 6.92 Å². The van der Waals surface area contributed by atoms with Crippen molar-refractivity contribution in [2.24, 2.45) is 0 Å². The first kappa shape index (κ1) is 24.4. The zero-order valence-corrected chi connectivity index (χ0v) is 13.6. The Morgan fingerprint density at radius 1 is 1.10 bits per heavy atom. The Hall–Kier alpha value is -0.650. The van der Waals surface area contributed by atoms with E-state index >= 15 is 0 Å². The third-order valence-corrected chi connectivity index (χ3v) is 2.00. The third kappa shape index (κ3) is 43.3. The molecule has 20 heavy (non-hydrogen) atoms. The van der Waals surface area contributed by atoms with E-state index in [4.69, 9.17) is 14.9 Å². The lowest BCUT2D eigenvalue weighted by Crippen LogP contribution is -2.20. The molecule has 0 amide bonds. The predicted octanol–water partition coefficient (Wildman–Crippen LogP) is 1.50. The molecule has 0 radical (unpaired) electrons. The topological polar surface area (TPSA) is 89.8 Å². The van der Waals surface area contributed by atoms with Crippen molar-refractivity contribution >= 4 is 5.97 Å². The smallest absolute Gasteiger partial charge is 0.0742 e. The Morgan fingerprint density at radius 3 is 1.65 bits per heavy atom. The number of rotatable bonds is 9. The van der Waals surface area contributed by atoms with Crippen LogP contribution in [0.5, 0.6) is 0 Å². The predicted molar refractivity (Wildman–Crippen MR) is 79.3 cm³/mol. The molecule has 0 spiro atoms. The highest BCUT2D eigenvalue weighted by molar-refractivity contribution is 5.63. The number of carboxylic acid groups (broad SMARTS) is 1. The lowest BCUT2D eigenvalue weighted by atomic mass is 10.3. The van der Waals surface area contributed by atoms with Gasteiger partial charge in [0.05, 0.1) is 12.7 Å². The molecule has 0 saturated heterocycles. The van der Waals surface area contributed by atoms with Crippen molar-refractivity contribution in [3.63, 3.8) is 0 Å². The van der Waals surface area contributed by atoms with Gasteiger partial charge in [-0.3, -0.25) is 0 Å². The number of aliphatic hydroxyl groups excluding tert-OH is 2. The van der Waals surface area contributed by atoms with E-state index in [0.717, 1.165) is 13.2 Å². The second-order valence-corrected chi connectivity index (χ2v) is 4.47. The van der Waals surface area contributed by atoms with Crippen LogP contribution in [0.2, 0.25) is 0 Å². The second-order valence-electron chi connectivity index (χ2n) is 4.47. The summed E-state index contributed by atoms with van der Waals surface area (Å²) in [5.41, 5.74) is 0. The number of ether oxygens (including phenoxy) is 1. The summed E-state index contributed by atoms with van der Waals surface area (Å²) in [6.07, 6.45) is 5.20. The Bertz CT molecular complexity index is 166. The van der Waals surface area contributed by atoms with E-state index in [2.05, 4.69) is 13.8 Å². The van der Waals surface area contributed by atoms with Crippen molar-refractivity contribution < 1.29 is 24.9 Å². The van der Waals surface area contributed by atoms with Crippen LogP contribution in [0.25, 0.3) is 0 Å². The van der Waals surface area contributed by atoms with Crippen molar-refractivity contribution in [1.29, 1.82) is 0 Å². The fraction of sp³-hybridized carbons (Fsp3) is 0.933. The van der Waals surface area contributed by atoms with E-state index in [9.17, 15) is 9.90 Å². The zero-order chi connectivity index (χ0) is 16.2. The minimum atomic E-state index is -0.961. The molecule has 0 aromatic heterocycles. The molecule has 2 N–H and O–H groups in total. The Kier molecular flexibility index (Phi) is 28.6. The molecule has 0 bridgehead atoms. The number of carbonyl (C=O) groups excluding carboxylic acids is 1. The van der Waals surface area contributed by atoms with E-state index in [0.29, 0.717) is 6.42 Å². The molecule has 1 unspecified atom stereocenters. The highest BCUT2D eigenvalue weighted by Gasteiger charge is 1.84. The van der Waals surface area contributed by atoms with Crippen LogP contribution in [-0.2, 0) is 9.53 Å². The van der Waals surface area contributed by atoms with Gasteiger partial charge in [0, 0.05) is 19.2 Å². The first-order chi connectivity index (χ1) is 9.45. The number of hydrogen-bond acceptors (Lipinski definition) is 5. The molecule has 0 aliphatic heterocycles. The van der Waals surface area contributed by atoms with Crippen LogP contribution < -0.4 is 5.11 Å². The summed E-state index contributed by atoms with van der Waals surface area (Å²) < 4.78 is 5.31. The number of aliphatic hydroxyl groups is 2. The van der Waals surface area contributed by atoms with E-state index < -0.39 is 12.1 Å². The van der Waals surface area contributed by atoms with Gasteiger partial charge in [0.2, 0.25) is 0 Å². The summed E-state index contributed by atoms with van der Waals surface area (Å²) in [4.78, 5) is 9.49. The second kappa shape index (κ2) is 23.4. The number of aliphatic carboxylic acids is 1. The van der Waals surface area contributed by atoms with E-state index in [1.165, 1.54) is 32.6 Å². The van der Waals surface area contributed by atoms with E-state index in [-0.39, 0.29) is 13.0 Å². The Labute approximate surface area is 124 Å². The summed E-state index contributed by atoms with van der Waals surface area (Å²) >= 11 is 0. The van der Waals surface area contributed by atoms with Gasteiger partial charge in [0.25, 0.3) is 0 Å². The number of unbranched alkanes of at least 4 members (excludes halogenated alkanes) is 2. The van der Waals surface area contributed by atoms with Gasteiger partial charge in [0.1, 0.15) is 0 Å². The molecular formula is C15H33O5-. The molecule has 5 heteroatoms. The molecule has 0 aromatic rings. The average Bonchev–Trinajstić information content (AvgIpc) is 2.40. The molecule has 0 saturated carbocycles. The monoisotopic (exact) mass is 293 g/mol. The quantitative estimate of drug-likeness (QED) is 0.629. The van der Waals surface area contributed by atoms with Crippen molar-refractivity contribution in [2.45, 2.75) is 72.3 Å². The van der Waals surface area contributed by atoms with Gasteiger partial charge in [-0.1, -0.05) is 40.0 Å². The van der Waals surface area contributed by atoms with Gasteiger partial charge < -0.3 is 24.9 Å². The van der Waals surface area contributed by atoms with Crippen molar-refractivity contribution in [3.8, 4) is 0 Å². The number of hydrogen-bond donors (Lipinski definition) is 2. The highest BCUT2D eigenvalue weighted by Crippen LogP contribution is 1.91. The van der Waals surface area contributed by atoms with Gasteiger partial charge >= 0.3 is 0 Å². The largest absolute Gasteiger partial charge is 0.550 e. The van der Waals surface area contributed by atoms with Crippen LogP contribution in [0, 0.1) is 0 Å². The Morgan fingerprint density at radius 2 is 1.50 bits per heavy atom. The standard InChI is InChI=1S/C8H18O.C4H8O2.C3H8O2/c1-3-5-7-9-8-6-4-2;1-2-3-4(5)6;1-3(5)2-4/h3-8H2,1-2H3;2-3H2,1H3,(H,5,6);3-5H,2H2,1H3/p-1. The maximum absolute atomic E-state index is 9.49. The molecule has 5 nitrogen and oxygen atoms in total. The van der Waals surface area contributed by atoms with Crippen LogP contribution in [0.3, 0.4) is 0 Å². The number of carbonyl (C=O) groups is 1. The fourth-order valence-corrected chi connectivity index (χ4v) is 0.799. The first-order valence-electron chi connectivity index (χ1n) is 7.52. The minimum absolute atomic E-state index is 0.139. The lowest BCUT2D eigenvalue weighted by Gasteiger charge is -1.99. The molecule has 124 valence electrons. The van der Waals surface area contributed by atoms with E-state index in [1.807, 2.05) is 0 Å². The molecule has 0 aromatic carbocycles. The minimum Gasteiger partial charge on any atom is -0.550 e. The summed E-state index contributed by atoms with van der Waals surface area (Å²) in [5.74, 6) is -0.961. The van der Waals surface area contributed by atoms with Crippen LogP contribution in [-0.4, -0.2) is 42.1 Å². The normalized spacial score (nSPS) is 10.7. The van der Waals surface area contributed by atoms with Gasteiger partial charge in [-0.25, -0.2) is 0 Å². The molecule has 0 rings (SSSR count). The highest BCUT2D eigenvalue weighted by atomic mass is 16.5. The van der Waals surface area contributed by atoms with Crippen molar-refractivity contribution in [1.82, 2.24) is 0 Å². The summed E-state index contributed by atoms with van der Waals surface area (Å²) in [5, 5.41) is 25.5.